The van der Waals surface area contributed by atoms with Crippen LogP contribution in [0.4, 0.5) is 0 Å². The Kier molecular flexibility index (Phi) is 49.2. The molecular formula is C53H107NO3. The first-order chi connectivity index (χ1) is 28.2. The van der Waals surface area contributed by atoms with Crippen molar-refractivity contribution in [1.82, 2.24) is 5.32 Å². The first-order valence-corrected chi connectivity index (χ1v) is 26.7. The van der Waals surface area contributed by atoms with Crippen molar-refractivity contribution in [3.63, 3.8) is 0 Å². The van der Waals surface area contributed by atoms with Crippen LogP contribution < -0.4 is 5.32 Å². The number of carbonyl (C=O) groups is 1. The fraction of sp³-hybridized carbons (Fsp3) is 0.981. The molecule has 0 fully saturated rings. The minimum atomic E-state index is -0.654. The highest BCUT2D eigenvalue weighted by Crippen LogP contribution is 2.18. The summed E-state index contributed by atoms with van der Waals surface area (Å²) in [6, 6.07) is -0.530. The summed E-state index contributed by atoms with van der Waals surface area (Å²) in [5.41, 5.74) is 0. The van der Waals surface area contributed by atoms with Crippen molar-refractivity contribution in [1.29, 1.82) is 0 Å². The van der Waals surface area contributed by atoms with Crippen LogP contribution >= 0.6 is 0 Å². The Morgan fingerprint density at radius 3 is 0.789 bits per heavy atom. The van der Waals surface area contributed by atoms with E-state index in [2.05, 4.69) is 19.2 Å². The van der Waals surface area contributed by atoms with Gasteiger partial charge >= 0.3 is 0 Å². The van der Waals surface area contributed by atoms with Gasteiger partial charge in [-0.2, -0.15) is 0 Å². The molecule has 2 atom stereocenters. The molecule has 0 spiro atoms. The van der Waals surface area contributed by atoms with Gasteiger partial charge in [-0.3, -0.25) is 4.79 Å². The molecule has 0 aliphatic rings. The van der Waals surface area contributed by atoms with Gasteiger partial charge in [0.25, 0.3) is 0 Å². The SMILES string of the molecule is CCCCCCCCCCCCCCCCCCCCCCCCCCCCCCCC(=O)NC(CO)C(O)CCCCCCCCCCCCCCCCCC. The predicted molar refractivity (Wildman–Crippen MR) is 253 cm³/mol. The maximum atomic E-state index is 12.5. The third-order valence-corrected chi connectivity index (χ3v) is 12.9. The molecule has 342 valence electrons. The van der Waals surface area contributed by atoms with Crippen LogP contribution in [0.2, 0.25) is 0 Å². The Bertz CT molecular complexity index is 744. The molecule has 0 bridgehead atoms. The molecular weight excluding hydrogens is 699 g/mol. The second kappa shape index (κ2) is 49.8. The normalized spacial score (nSPS) is 12.7. The van der Waals surface area contributed by atoms with E-state index in [0.29, 0.717) is 12.8 Å². The molecule has 0 aliphatic carbocycles. The molecule has 0 aromatic heterocycles. The average molecular weight is 806 g/mol. The lowest BCUT2D eigenvalue weighted by Crippen LogP contribution is -2.45. The molecule has 1 amide bonds. The molecule has 57 heavy (non-hydrogen) atoms. The number of hydrogen-bond acceptors (Lipinski definition) is 3. The zero-order valence-electron chi connectivity index (χ0n) is 39.4. The molecule has 3 N–H and O–H groups in total. The van der Waals surface area contributed by atoms with E-state index in [1.165, 1.54) is 263 Å². The fourth-order valence-electron chi connectivity index (χ4n) is 8.78. The van der Waals surface area contributed by atoms with Crippen LogP contribution in [0.1, 0.15) is 316 Å². The van der Waals surface area contributed by atoms with E-state index < -0.39 is 12.1 Å². The van der Waals surface area contributed by atoms with Gasteiger partial charge in [-0.15, -0.1) is 0 Å². The first-order valence-electron chi connectivity index (χ1n) is 26.7. The van der Waals surface area contributed by atoms with Crippen LogP contribution in [0, 0.1) is 0 Å². The number of aliphatic hydroxyl groups is 2. The molecule has 0 saturated carbocycles. The van der Waals surface area contributed by atoms with Gasteiger partial charge in [0.1, 0.15) is 0 Å². The number of hydrogen-bond donors (Lipinski definition) is 3. The number of amides is 1. The first kappa shape index (κ1) is 56.4. The largest absolute Gasteiger partial charge is 0.394 e. The average Bonchev–Trinajstić information content (AvgIpc) is 3.22. The summed E-state index contributed by atoms with van der Waals surface area (Å²) in [6.45, 7) is 4.40. The topological polar surface area (TPSA) is 69.6 Å². The van der Waals surface area contributed by atoms with E-state index in [1.54, 1.807) is 0 Å². The summed E-state index contributed by atoms with van der Waals surface area (Å²) < 4.78 is 0. The van der Waals surface area contributed by atoms with Crippen molar-refractivity contribution < 1.29 is 15.0 Å². The van der Waals surface area contributed by atoms with Gasteiger partial charge in [0.15, 0.2) is 0 Å². The van der Waals surface area contributed by atoms with Gasteiger partial charge in [-0.1, -0.05) is 296 Å². The van der Waals surface area contributed by atoms with E-state index in [4.69, 9.17) is 0 Å². The van der Waals surface area contributed by atoms with E-state index in [1.807, 2.05) is 0 Å². The third-order valence-electron chi connectivity index (χ3n) is 12.9. The fourth-order valence-corrected chi connectivity index (χ4v) is 8.78. The zero-order valence-corrected chi connectivity index (χ0v) is 39.4. The standard InChI is InChI=1S/C53H107NO3/c1-3-5-7-9-11-13-15-17-19-21-22-23-24-25-26-27-28-29-30-31-32-33-35-37-39-41-43-45-47-49-53(57)54-51(50-55)52(56)48-46-44-42-40-38-36-34-20-18-16-14-12-10-8-6-4-2/h51-52,55-56H,3-50H2,1-2H3,(H,54,57). The predicted octanol–water partition coefficient (Wildman–Crippen LogP) is 17.2. The molecule has 0 heterocycles. The van der Waals surface area contributed by atoms with Gasteiger partial charge in [0.05, 0.1) is 18.8 Å². The van der Waals surface area contributed by atoms with Crippen molar-refractivity contribution in [2.75, 3.05) is 6.61 Å². The molecule has 0 radical (unpaired) electrons. The number of nitrogens with one attached hydrogen (secondary N) is 1. The number of rotatable bonds is 50. The minimum absolute atomic E-state index is 0.0231. The van der Waals surface area contributed by atoms with Crippen LogP contribution in [0.5, 0.6) is 0 Å². The summed E-state index contributed by atoms with van der Waals surface area (Å²) in [7, 11) is 0. The smallest absolute Gasteiger partial charge is 0.220 e. The third kappa shape index (κ3) is 46.3. The second-order valence-corrected chi connectivity index (χ2v) is 18.7. The van der Waals surface area contributed by atoms with Crippen LogP contribution in [-0.4, -0.2) is 34.9 Å². The monoisotopic (exact) mass is 806 g/mol. The van der Waals surface area contributed by atoms with E-state index in [0.717, 1.165) is 25.7 Å². The Morgan fingerprint density at radius 2 is 0.561 bits per heavy atom. The van der Waals surface area contributed by atoms with Gasteiger partial charge in [-0.25, -0.2) is 0 Å². The highest BCUT2D eigenvalue weighted by Gasteiger charge is 2.20. The molecule has 4 heteroatoms. The second-order valence-electron chi connectivity index (χ2n) is 18.7. The lowest BCUT2D eigenvalue weighted by molar-refractivity contribution is -0.123. The highest BCUT2D eigenvalue weighted by atomic mass is 16.3. The van der Waals surface area contributed by atoms with Crippen LogP contribution in [0.3, 0.4) is 0 Å². The van der Waals surface area contributed by atoms with Crippen molar-refractivity contribution in [3.05, 3.63) is 0 Å². The molecule has 2 unspecified atom stereocenters. The Morgan fingerprint density at radius 1 is 0.351 bits per heavy atom. The van der Waals surface area contributed by atoms with Crippen molar-refractivity contribution >= 4 is 5.91 Å². The number of unbranched alkanes of at least 4 members (excludes halogenated alkanes) is 43. The van der Waals surface area contributed by atoms with Crippen molar-refractivity contribution in [3.8, 4) is 0 Å². The number of aliphatic hydroxyl groups excluding tert-OH is 2. The summed E-state index contributed by atoms with van der Waals surface area (Å²) in [5, 5.41) is 23.3. The quantitative estimate of drug-likeness (QED) is 0.0536. The summed E-state index contributed by atoms with van der Waals surface area (Å²) in [4.78, 5) is 12.5. The van der Waals surface area contributed by atoms with Gasteiger partial charge < -0.3 is 15.5 Å². The van der Waals surface area contributed by atoms with E-state index >= 15 is 0 Å². The number of carbonyl (C=O) groups excluding carboxylic acids is 1. The summed E-state index contributed by atoms with van der Waals surface area (Å²) in [5.74, 6) is -0.0231. The molecule has 0 aliphatic heterocycles. The Balaban J connectivity index is 3.38. The summed E-state index contributed by atoms with van der Waals surface area (Å²) in [6.07, 6.45) is 62.3. The van der Waals surface area contributed by atoms with Crippen LogP contribution in [0.25, 0.3) is 0 Å². The maximum absolute atomic E-state index is 12.5. The van der Waals surface area contributed by atoms with E-state index in [-0.39, 0.29) is 12.5 Å². The van der Waals surface area contributed by atoms with Gasteiger partial charge in [-0.05, 0) is 12.8 Å². The molecule has 0 rings (SSSR count). The maximum Gasteiger partial charge on any atom is 0.220 e. The molecule has 0 saturated heterocycles. The lowest BCUT2D eigenvalue weighted by atomic mass is 10.0. The molecule has 0 aromatic carbocycles. The highest BCUT2D eigenvalue weighted by molar-refractivity contribution is 5.76. The summed E-state index contributed by atoms with van der Waals surface area (Å²) >= 11 is 0. The Hall–Kier alpha value is -0.610. The van der Waals surface area contributed by atoms with Gasteiger partial charge in [0, 0.05) is 6.42 Å². The van der Waals surface area contributed by atoms with Gasteiger partial charge in [0.2, 0.25) is 5.91 Å². The zero-order chi connectivity index (χ0) is 41.4. The Labute approximate surface area is 359 Å². The van der Waals surface area contributed by atoms with Crippen LogP contribution in [0.15, 0.2) is 0 Å². The van der Waals surface area contributed by atoms with Crippen molar-refractivity contribution in [2.45, 2.75) is 328 Å². The lowest BCUT2D eigenvalue weighted by Gasteiger charge is -2.22. The van der Waals surface area contributed by atoms with Crippen LogP contribution in [-0.2, 0) is 4.79 Å². The van der Waals surface area contributed by atoms with Crippen molar-refractivity contribution in [2.24, 2.45) is 0 Å². The van der Waals surface area contributed by atoms with E-state index in [9.17, 15) is 15.0 Å². The molecule has 4 nitrogen and oxygen atoms in total. The molecule has 0 aromatic rings. The minimum Gasteiger partial charge on any atom is -0.394 e.